The van der Waals surface area contributed by atoms with E-state index in [1.54, 1.807) is 44.3 Å². The highest BCUT2D eigenvalue weighted by Gasteiger charge is 2.43. The number of pyridine rings is 1. The fourth-order valence-corrected chi connectivity index (χ4v) is 6.80. The molecule has 2 aliphatic rings. The van der Waals surface area contributed by atoms with Gasteiger partial charge in [0.05, 0.1) is 22.3 Å². The first-order chi connectivity index (χ1) is 17.5. The number of aliphatic hydroxyl groups excluding tert-OH is 1. The van der Waals surface area contributed by atoms with Crippen LogP contribution >= 0.6 is 0 Å². The van der Waals surface area contributed by atoms with E-state index in [2.05, 4.69) is 15.3 Å². The molecule has 0 amide bonds. The molecule has 1 aromatic carbocycles. The summed E-state index contributed by atoms with van der Waals surface area (Å²) < 4.78 is 27.5. The molecule has 0 spiro atoms. The van der Waals surface area contributed by atoms with Gasteiger partial charge in [0.15, 0.2) is 0 Å². The Hall–Kier alpha value is -3.20. The molecular formula is C26H36N6O4S. The number of aliphatic hydroxyl groups is 1. The average Bonchev–Trinajstić information content (AvgIpc) is 3.11. The van der Waals surface area contributed by atoms with Crippen molar-refractivity contribution in [2.75, 3.05) is 11.9 Å². The molecule has 200 valence electrons. The maximum absolute atomic E-state index is 13.1. The summed E-state index contributed by atoms with van der Waals surface area (Å²) in [6, 6.07) is 8.66. The number of hydrogen-bond acceptors (Lipinski definition) is 7. The largest absolute Gasteiger partial charge is 0.396 e. The lowest BCUT2D eigenvalue weighted by molar-refractivity contribution is 0.165. The maximum atomic E-state index is 13.1. The van der Waals surface area contributed by atoms with Crippen LogP contribution < -0.4 is 16.6 Å². The van der Waals surface area contributed by atoms with Crippen molar-refractivity contribution in [1.29, 1.82) is 5.26 Å². The Kier molecular flexibility index (Phi) is 9.12. The van der Waals surface area contributed by atoms with Crippen LogP contribution in [0.5, 0.6) is 0 Å². The van der Waals surface area contributed by atoms with Crippen molar-refractivity contribution >= 4 is 27.2 Å². The van der Waals surface area contributed by atoms with Crippen LogP contribution in [0.2, 0.25) is 0 Å². The fourth-order valence-electron chi connectivity index (χ4n) is 4.82. The van der Waals surface area contributed by atoms with Crippen molar-refractivity contribution in [2.45, 2.75) is 82.3 Å². The number of nitrogens with zero attached hydrogens (tertiary/aromatic N) is 3. The molecule has 0 unspecified atom stereocenters. The minimum absolute atomic E-state index is 0.0680. The normalized spacial score (nSPS) is 17.9. The number of aromatic nitrogens is 1. The third kappa shape index (κ3) is 6.39. The molecule has 0 atom stereocenters. The van der Waals surface area contributed by atoms with Crippen molar-refractivity contribution in [1.82, 2.24) is 9.29 Å². The molecule has 1 aliphatic heterocycles. The number of hydrogen-bond donors (Lipinski definition) is 4. The lowest BCUT2D eigenvalue weighted by Crippen LogP contribution is -2.44. The highest BCUT2D eigenvalue weighted by Crippen LogP contribution is 2.38. The van der Waals surface area contributed by atoms with E-state index in [4.69, 9.17) is 11.0 Å². The van der Waals surface area contributed by atoms with Crippen LogP contribution in [0.3, 0.4) is 0 Å². The number of H-pyrrole nitrogens is 1. The first-order valence-electron chi connectivity index (χ1n) is 12.5. The van der Waals surface area contributed by atoms with Crippen molar-refractivity contribution < 1.29 is 13.5 Å². The predicted molar refractivity (Wildman–Crippen MR) is 144 cm³/mol. The molecule has 10 nitrogen and oxygen atoms in total. The zero-order chi connectivity index (χ0) is 27.2. The number of nitrogens with two attached hydrogens (primary N) is 1. The number of amidine groups is 1. The Morgan fingerprint density at radius 1 is 1.30 bits per heavy atom. The molecule has 2 heterocycles. The third-order valence-corrected chi connectivity index (χ3v) is 8.91. The van der Waals surface area contributed by atoms with Crippen LogP contribution in [-0.4, -0.2) is 46.8 Å². The molecule has 1 fully saturated rings. The second-order valence-electron chi connectivity index (χ2n) is 9.89. The summed E-state index contributed by atoms with van der Waals surface area (Å²) >= 11 is 0. The van der Waals surface area contributed by atoms with Gasteiger partial charge in [0.2, 0.25) is 10.0 Å². The van der Waals surface area contributed by atoms with E-state index in [0.717, 1.165) is 25.7 Å². The first-order valence-corrected chi connectivity index (χ1v) is 13.9. The van der Waals surface area contributed by atoms with Crippen LogP contribution in [-0.2, 0) is 16.6 Å². The van der Waals surface area contributed by atoms with Gasteiger partial charge in [-0.3, -0.25) is 4.79 Å². The van der Waals surface area contributed by atoms with Gasteiger partial charge in [-0.2, -0.15) is 9.57 Å². The van der Waals surface area contributed by atoms with Gasteiger partial charge < -0.3 is 21.1 Å². The highest BCUT2D eigenvalue weighted by atomic mass is 32.2. The molecule has 1 saturated carbocycles. The van der Waals surface area contributed by atoms with Gasteiger partial charge >= 0.3 is 0 Å². The molecule has 0 radical (unpaired) electrons. The first kappa shape index (κ1) is 28.4. The number of nitrogens with one attached hydrogen (secondary N) is 2. The standard InChI is InChI=1S/C24H33N5O4S.C2H3N/c1-24(2,11-13-30)29-15-16-14-18(8-9-20(16)34(29,32)33)28-22(25)21-19(10-12-26-23(21)31)27-17-6-4-3-5-7-17;1-2-3/h8-10,12,14,17,30H,3-7,11,13,15H2,1-2H3,(H2,25,28)(H2,26,27,31);1H3. The molecule has 4 rings (SSSR count). The summed E-state index contributed by atoms with van der Waals surface area (Å²) in [6.07, 6.45) is 7.55. The number of aliphatic imine (C=N–C) groups is 1. The molecule has 1 aromatic heterocycles. The third-order valence-electron chi connectivity index (χ3n) is 6.76. The van der Waals surface area contributed by atoms with Crippen LogP contribution in [0.1, 0.15) is 70.4 Å². The fraction of sp³-hybridized carbons (Fsp3) is 0.500. The molecule has 0 saturated heterocycles. The van der Waals surface area contributed by atoms with Gasteiger partial charge in [-0.1, -0.05) is 19.3 Å². The predicted octanol–water partition coefficient (Wildman–Crippen LogP) is 3.35. The molecule has 37 heavy (non-hydrogen) atoms. The summed E-state index contributed by atoms with van der Waals surface area (Å²) in [5.41, 5.74) is 7.26. The average molecular weight is 529 g/mol. The van der Waals surface area contributed by atoms with Crippen molar-refractivity contribution in [3.05, 3.63) is 51.9 Å². The van der Waals surface area contributed by atoms with E-state index in [1.807, 2.05) is 0 Å². The second-order valence-corrected chi connectivity index (χ2v) is 11.7. The number of sulfonamides is 1. The van der Waals surface area contributed by atoms with Crippen LogP contribution in [0.4, 0.5) is 11.4 Å². The number of benzene rings is 1. The van der Waals surface area contributed by atoms with Crippen LogP contribution in [0, 0.1) is 11.3 Å². The van der Waals surface area contributed by atoms with Gasteiger partial charge in [0, 0.05) is 37.9 Å². The second kappa shape index (κ2) is 11.9. The Balaban J connectivity index is 0.00000121. The Labute approximate surface area is 218 Å². The molecular weight excluding hydrogens is 492 g/mol. The minimum Gasteiger partial charge on any atom is -0.396 e. The topological polar surface area (TPSA) is 165 Å². The van der Waals surface area contributed by atoms with Gasteiger partial charge in [-0.15, -0.1) is 0 Å². The zero-order valence-electron chi connectivity index (χ0n) is 21.6. The van der Waals surface area contributed by atoms with Crippen molar-refractivity contribution in [3.63, 3.8) is 0 Å². The van der Waals surface area contributed by atoms with Gasteiger partial charge in [0.1, 0.15) is 11.4 Å². The summed E-state index contributed by atoms with van der Waals surface area (Å²) in [6.45, 7) is 5.11. The highest BCUT2D eigenvalue weighted by molar-refractivity contribution is 7.89. The number of fused-ring (bicyclic) bond motifs is 1. The van der Waals surface area contributed by atoms with Crippen LogP contribution in [0.15, 0.2) is 45.1 Å². The molecule has 5 N–H and O–H groups in total. The quantitative estimate of drug-likeness (QED) is 0.316. The van der Waals surface area contributed by atoms with E-state index in [9.17, 15) is 18.3 Å². The van der Waals surface area contributed by atoms with E-state index < -0.39 is 15.6 Å². The van der Waals surface area contributed by atoms with Crippen molar-refractivity contribution in [2.24, 2.45) is 10.7 Å². The van der Waals surface area contributed by atoms with E-state index in [-0.39, 0.29) is 35.0 Å². The smallest absolute Gasteiger partial charge is 0.261 e. The summed E-state index contributed by atoms with van der Waals surface area (Å²) in [4.78, 5) is 20.0. The van der Waals surface area contributed by atoms with Gasteiger partial charge in [-0.25, -0.2) is 13.4 Å². The maximum Gasteiger partial charge on any atom is 0.261 e. The minimum atomic E-state index is -3.68. The van der Waals surface area contributed by atoms with E-state index >= 15 is 0 Å². The number of nitriles is 1. The van der Waals surface area contributed by atoms with Gasteiger partial charge in [-0.05, 0) is 62.9 Å². The Morgan fingerprint density at radius 2 is 1.97 bits per heavy atom. The lowest BCUT2D eigenvalue weighted by Gasteiger charge is -2.33. The number of anilines is 1. The number of rotatable bonds is 7. The molecule has 0 bridgehead atoms. The summed E-state index contributed by atoms with van der Waals surface area (Å²) in [7, 11) is -3.68. The molecule has 11 heteroatoms. The summed E-state index contributed by atoms with van der Waals surface area (Å²) in [5, 5.41) is 20.1. The Morgan fingerprint density at radius 3 is 2.62 bits per heavy atom. The SMILES string of the molecule is CC#N.CC(C)(CCO)N1Cc2cc(N=C(N)c3c(NC4CCCCC4)cc[nH]c3=O)ccc2S1(=O)=O. The monoisotopic (exact) mass is 528 g/mol. The summed E-state index contributed by atoms with van der Waals surface area (Å²) in [5.74, 6) is 0.0680. The number of aromatic amines is 1. The molecule has 1 aliphatic carbocycles. The molecule has 2 aromatic rings. The van der Waals surface area contributed by atoms with Gasteiger partial charge in [0.25, 0.3) is 5.56 Å². The zero-order valence-corrected chi connectivity index (χ0v) is 22.4. The van der Waals surface area contributed by atoms with Crippen LogP contribution in [0.25, 0.3) is 0 Å². The lowest BCUT2D eigenvalue weighted by atomic mass is 9.95. The van der Waals surface area contributed by atoms with Crippen molar-refractivity contribution in [3.8, 4) is 6.07 Å². The van der Waals surface area contributed by atoms with E-state index in [1.165, 1.54) is 23.7 Å². The Bertz CT molecular complexity index is 1340. The van der Waals surface area contributed by atoms with E-state index in [0.29, 0.717) is 29.4 Å².